The van der Waals surface area contributed by atoms with E-state index in [1.54, 1.807) is 6.26 Å². The standard InChI is InChI=1S/C17H25N3O/c1-3-9-18-11-15-7-8-16(19-12-15)13-20(4-2)14-17-6-5-10-21-17/h5-8,10,12,18H,3-4,9,11,13-14H2,1-2H3. The largest absolute Gasteiger partial charge is 0.468 e. The van der Waals surface area contributed by atoms with E-state index in [9.17, 15) is 0 Å². The van der Waals surface area contributed by atoms with Gasteiger partial charge >= 0.3 is 0 Å². The average molecular weight is 287 g/mol. The first-order chi connectivity index (χ1) is 10.3. The Hall–Kier alpha value is -1.65. The quantitative estimate of drug-likeness (QED) is 0.719. The van der Waals surface area contributed by atoms with Crippen molar-refractivity contribution in [3.05, 3.63) is 53.7 Å². The molecule has 0 aliphatic carbocycles. The Morgan fingerprint density at radius 3 is 2.71 bits per heavy atom. The Bertz CT molecular complexity index is 493. The molecule has 0 saturated heterocycles. The van der Waals surface area contributed by atoms with Crippen LogP contribution < -0.4 is 5.32 Å². The lowest BCUT2D eigenvalue weighted by molar-refractivity contribution is 0.245. The lowest BCUT2D eigenvalue weighted by Gasteiger charge is -2.18. The zero-order valence-electron chi connectivity index (χ0n) is 13.0. The molecule has 4 nitrogen and oxygen atoms in total. The molecule has 0 saturated carbocycles. The van der Waals surface area contributed by atoms with Gasteiger partial charge in [0.25, 0.3) is 0 Å². The summed E-state index contributed by atoms with van der Waals surface area (Å²) in [6, 6.07) is 8.22. The summed E-state index contributed by atoms with van der Waals surface area (Å²) in [5, 5.41) is 3.39. The molecule has 0 amide bonds. The van der Waals surface area contributed by atoms with Crippen LogP contribution in [0.25, 0.3) is 0 Å². The highest BCUT2D eigenvalue weighted by Crippen LogP contribution is 2.09. The highest BCUT2D eigenvalue weighted by molar-refractivity contribution is 5.14. The van der Waals surface area contributed by atoms with Crippen molar-refractivity contribution in [3.8, 4) is 0 Å². The maximum absolute atomic E-state index is 5.41. The van der Waals surface area contributed by atoms with Gasteiger partial charge in [0, 0.05) is 19.3 Å². The van der Waals surface area contributed by atoms with E-state index in [-0.39, 0.29) is 0 Å². The molecule has 2 aromatic rings. The summed E-state index contributed by atoms with van der Waals surface area (Å²) in [6.07, 6.45) is 4.85. The van der Waals surface area contributed by atoms with Gasteiger partial charge in [-0.15, -0.1) is 0 Å². The van der Waals surface area contributed by atoms with Gasteiger partial charge < -0.3 is 9.73 Å². The number of hydrogen-bond donors (Lipinski definition) is 1. The van der Waals surface area contributed by atoms with Gasteiger partial charge in [-0.1, -0.05) is 19.9 Å². The number of pyridine rings is 1. The average Bonchev–Trinajstić information content (AvgIpc) is 3.01. The van der Waals surface area contributed by atoms with Crippen molar-refractivity contribution in [3.63, 3.8) is 0 Å². The monoisotopic (exact) mass is 287 g/mol. The molecule has 21 heavy (non-hydrogen) atoms. The smallest absolute Gasteiger partial charge is 0.117 e. The minimum absolute atomic E-state index is 0.824. The van der Waals surface area contributed by atoms with E-state index in [2.05, 4.69) is 41.2 Å². The Balaban J connectivity index is 1.86. The molecular weight excluding hydrogens is 262 g/mol. The molecule has 2 heterocycles. The molecule has 0 aromatic carbocycles. The number of furan rings is 1. The second-order valence-corrected chi connectivity index (χ2v) is 5.22. The lowest BCUT2D eigenvalue weighted by Crippen LogP contribution is -2.22. The Morgan fingerprint density at radius 2 is 2.10 bits per heavy atom. The van der Waals surface area contributed by atoms with Crippen LogP contribution in [0.5, 0.6) is 0 Å². The van der Waals surface area contributed by atoms with Crippen LogP contribution in [0, 0.1) is 0 Å². The summed E-state index contributed by atoms with van der Waals surface area (Å²) in [4.78, 5) is 6.88. The minimum Gasteiger partial charge on any atom is -0.468 e. The van der Waals surface area contributed by atoms with E-state index in [4.69, 9.17) is 4.42 Å². The molecule has 0 fully saturated rings. The third kappa shape index (κ3) is 5.33. The van der Waals surface area contributed by atoms with Crippen molar-refractivity contribution in [2.75, 3.05) is 13.1 Å². The van der Waals surface area contributed by atoms with Crippen LogP contribution >= 0.6 is 0 Å². The Labute approximate surface area is 127 Å². The molecule has 2 rings (SSSR count). The van der Waals surface area contributed by atoms with Crippen molar-refractivity contribution >= 4 is 0 Å². The summed E-state index contributed by atoms with van der Waals surface area (Å²) in [5.74, 6) is 0.997. The van der Waals surface area contributed by atoms with Crippen LogP contribution in [0.2, 0.25) is 0 Å². The van der Waals surface area contributed by atoms with Gasteiger partial charge in [-0.05, 0) is 43.3 Å². The molecule has 0 atom stereocenters. The zero-order chi connectivity index (χ0) is 14.9. The molecule has 0 aliphatic rings. The molecule has 0 bridgehead atoms. The van der Waals surface area contributed by atoms with E-state index >= 15 is 0 Å². The van der Waals surface area contributed by atoms with Crippen LogP contribution in [-0.2, 0) is 19.6 Å². The van der Waals surface area contributed by atoms with E-state index in [1.807, 2.05) is 18.3 Å². The number of aromatic nitrogens is 1. The van der Waals surface area contributed by atoms with Crippen LogP contribution in [0.4, 0.5) is 0 Å². The molecule has 0 spiro atoms. The maximum atomic E-state index is 5.41. The summed E-state index contributed by atoms with van der Waals surface area (Å²) >= 11 is 0. The van der Waals surface area contributed by atoms with Gasteiger partial charge in [-0.3, -0.25) is 9.88 Å². The van der Waals surface area contributed by atoms with Gasteiger partial charge in [0.2, 0.25) is 0 Å². The molecule has 0 aliphatic heterocycles. The first-order valence-electron chi connectivity index (χ1n) is 7.71. The molecular formula is C17H25N3O. The number of rotatable bonds is 9. The minimum atomic E-state index is 0.824. The first kappa shape index (κ1) is 15.7. The predicted octanol–water partition coefficient (Wildman–Crippen LogP) is 3.20. The van der Waals surface area contributed by atoms with Crippen molar-refractivity contribution in [1.82, 2.24) is 15.2 Å². The fraction of sp³-hybridized carbons (Fsp3) is 0.471. The molecule has 4 heteroatoms. The highest BCUT2D eigenvalue weighted by Gasteiger charge is 2.07. The number of nitrogens with one attached hydrogen (secondary N) is 1. The lowest BCUT2D eigenvalue weighted by atomic mass is 10.2. The number of hydrogen-bond acceptors (Lipinski definition) is 4. The van der Waals surface area contributed by atoms with Gasteiger partial charge in [-0.25, -0.2) is 0 Å². The summed E-state index contributed by atoms with van der Waals surface area (Å²) in [5.41, 5.74) is 2.34. The fourth-order valence-corrected chi connectivity index (χ4v) is 2.19. The van der Waals surface area contributed by atoms with Crippen LogP contribution in [-0.4, -0.2) is 23.0 Å². The maximum Gasteiger partial charge on any atom is 0.117 e. The van der Waals surface area contributed by atoms with Crippen molar-refractivity contribution in [2.24, 2.45) is 0 Å². The van der Waals surface area contributed by atoms with E-state index in [0.29, 0.717) is 0 Å². The van der Waals surface area contributed by atoms with E-state index < -0.39 is 0 Å². The van der Waals surface area contributed by atoms with Gasteiger partial charge in [0.15, 0.2) is 0 Å². The van der Waals surface area contributed by atoms with Gasteiger partial charge in [0.05, 0.1) is 18.5 Å². The highest BCUT2D eigenvalue weighted by atomic mass is 16.3. The topological polar surface area (TPSA) is 41.3 Å². The van der Waals surface area contributed by atoms with Crippen molar-refractivity contribution < 1.29 is 4.42 Å². The second kappa shape index (κ2) is 8.60. The summed E-state index contributed by atoms with van der Waals surface area (Å²) in [6.45, 7) is 8.92. The molecule has 2 aromatic heterocycles. The Morgan fingerprint density at radius 1 is 1.19 bits per heavy atom. The Kier molecular flexibility index (Phi) is 6.44. The van der Waals surface area contributed by atoms with Crippen LogP contribution in [0.1, 0.15) is 37.3 Å². The van der Waals surface area contributed by atoms with E-state index in [1.165, 1.54) is 5.56 Å². The molecule has 0 unspecified atom stereocenters. The van der Waals surface area contributed by atoms with Crippen LogP contribution in [0.15, 0.2) is 41.1 Å². The zero-order valence-corrected chi connectivity index (χ0v) is 13.0. The molecule has 0 radical (unpaired) electrons. The van der Waals surface area contributed by atoms with Gasteiger partial charge in [0.1, 0.15) is 5.76 Å². The normalized spacial score (nSPS) is 11.2. The van der Waals surface area contributed by atoms with Gasteiger partial charge in [-0.2, -0.15) is 0 Å². The van der Waals surface area contributed by atoms with E-state index in [0.717, 1.165) is 50.6 Å². The molecule has 114 valence electrons. The summed E-state index contributed by atoms with van der Waals surface area (Å²) in [7, 11) is 0. The van der Waals surface area contributed by atoms with Crippen molar-refractivity contribution in [1.29, 1.82) is 0 Å². The number of nitrogens with zero attached hydrogens (tertiary/aromatic N) is 2. The van der Waals surface area contributed by atoms with Crippen molar-refractivity contribution in [2.45, 2.75) is 39.9 Å². The third-order valence-corrected chi connectivity index (χ3v) is 3.43. The van der Waals surface area contributed by atoms with Crippen LogP contribution in [0.3, 0.4) is 0 Å². The predicted molar refractivity (Wildman–Crippen MR) is 84.7 cm³/mol. The fourth-order valence-electron chi connectivity index (χ4n) is 2.19. The second-order valence-electron chi connectivity index (χ2n) is 5.22. The first-order valence-corrected chi connectivity index (χ1v) is 7.71. The third-order valence-electron chi connectivity index (χ3n) is 3.43. The molecule has 1 N–H and O–H groups in total. The SMILES string of the molecule is CCCNCc1ccc(CN(CC)Cc2ccco2)nc1. The summed E-state index contributed by atoms with van der Waals surface area (Å²) < 4.78 is 5.41.